The number of halogens is 1. The zero-order valence-corrected chi connectivity index (χ0v) is 16.4. The second-order valence-electron chi connectivity index (χ2n) is 6.37. The highest BCUT2D eigenvalue weighted by atomic mass is 35.5. The van der Waals surface area contributed by atoms with E-state index in [1.165, 1.54) is 0 Å². The quantitative estimate of drug-likeness (QED) is 0.560. The van der Waals surface area contributed by atoms with Crippen LogP contribution in [0.3, 0.4) is 0 Å². The second kappa shape index (κ2) is 9.23. The number of nitrogens with zero attached hydrogens (tertiary/aromatic N) is 2. The number of urea groups is 1. The molecule has 0 aliphatic heterocycles. The number of carbonyl (C=O) groups excluding carboxylic acids is 1. The van der Waals surface area contributed by atoms with E-state index in [0.29, 0.717) is 41.3 Å². The van der Waals surface area contributed by atoms with Crippen LogP contribution < -0.4 is 15.4 Å². The predicted octanol–water partition coefficient (Wildman–Crippen LogP) is 4.71. The van der Waals surface area contributed by atoms with Gasteiger partial charge in [0.05, 0.1) is 6.54 Å². The Labute approximate surface area is 168 Å². The summed E-state index contributed by atoms with van der Waals surface area (Å²) in [5.74, 6) is 2.02. The summed E-state index contributed by atoms with van der Waals surface area (Å²) in [6.45, 7) is 4.72. The molecule has 8 heteroatoms. The Hall–Kier alpha value is -3.06. The molecule has 0 spiro atoms. The summed E-state index contributed by atoms with van der Waals surface area (Å²) >= 11 is 5.82. The first-order valence-electron chi connectivity index (χ1n) is 8.88. The average Bonchev–Trinajstić information content (AvgIpc) is 3.18. The van der Waals surface area contributed by atoms with Gasteiger partial charge in [0.25, 0.3) is 5.89 Å². The molecule has 3 rings (SSSR count). The van der Waals surface area contributed by atoms with Crippen LogP contribution in [0.25, 0.3) is 11.5 Å². The van der Waals surface area contributed by atoms with Gasteiger partial charge >= 0.3 is 6.03 Å². The van der Waals surface area contributed by atoms with E-state index in [9.17, 15) is 4.79 Å². The fourth-order valence-electron chi connectivity index (χ4n) is 2.32. The molecule has 0 fully saturated rings. The zero-order chi connectivity index (χ0) is 19.9. The maximum absolute atomic E-state index is 12.0. The van der Waals surface area contributed by atoms with Crippen molar-refractivity contribution in [1.29, 1.82) is 0 Å². The van der Waals surface area contributed by atoms with Crippen LogP contribution in [-0.2, 0) is 0 Å². The van der Waals surface area contributed by atoms with Crippen LogP contribution in [0, 0.1) is 0 Å². The molecule has 0 aliphatic carbocycles. The number of benzene rings is 2. The highest BCUT2D eigenvalue weighted by Gasteiger charge is 2.11. The second-order valence-corrected chi connectivity index (χ2v) is 6.81. The minimum Gasteiger partial charge on any atom is -0.492 e. The Morgan fingerprint density at radius 3 is 2.50 bits per heavy atom. The van der Waals surface area contributed by atoms with Crippen molar-refractivity contribution >= 4 is 23.3 Å². The summed E-state index contributed by atoms with van der Waals surface area (Å²) in [6, 6.07) is 13.9. The third-order valence-corrected chi connectivity index (χ3v) is 4.07. The number of hydrogen-bond donors (Lipinski definition) is 2. The topological polar surface area (TPSA) is 89.3 Å². The van der Waals surface area contributed by atoms with Crippen molar-refractivity contribution in [3.63, 3.8) is 0 Å². The van der Waals surface area contributed by atoms with E-state index in [-0.39, 0.29) is 11.9 Å². The molecule has 7 nitrogen and oxygen atoms in total. The standard InChI is InChI=1S/C20H21ClN4O3/c1-13(2)18-24-19(28-25-18)14-3-7-16(8-4-14)23-20(26)22-11-12-27-17-9-5-15(21)6-10-17/h3-10,13H,11-12H2,1-2H3,(H2,22,23,26). The molecule has 28 heavy (non-hydrogen) atoms. The van der Waals surface area contributed by atoms with Gasteiger partial charge in [-0.1, -0.05) is 30.6 Å². The van der Waals surface area contributed by atoms with Gasteiger partial charge < -0.3 is 19.9 Å². The van der Waals surface area contributed by atoms with Gasteiger partial charge in [-0.15, -0.1) is 0 Å². The SMILES string of the molecule is CC(C)c1noc(-c2ccc(NC(=O)NCCOc3ccc(Cl)cc3)cc2)n1. The van der Waals surface area contributed by atoms with Crippen LogP contribution in [-0.4, -0.2) is 29.3 Å². The first-order chi connectivity index (χ1) is 13.5. The van der Waals surface area contributed by atoms with Gasteiger partial charge in [-0.25, -0.2) is 4.79 Å². The molecule has 0 bridgehead atoms. The van der Waals surface area contributed by atoms with Crippen LogP contribution in [0.15, 0.2) is 53.1 Å². The Kier molecular flexibility index (Phi) is 6.49. The minimum atomic E-state index is -0.313. The maximum atomic E-state index is 12.0. The number of rotatable bonds is 7. The molecule has 0 unspecified atom stereocenters. The van der Waals surface area contributed by atoms with E-state index in [1.54, 1.807) is 36.4 Å². The van der Waals surface area contributed by atoms with E-state index in [4.69, 9.17) is 20.9 Å². The third kappa shape index (κ3) is 5.47. The maximum Gasteiger partial charge on any atom is 0.319 e. The zero-order valence-electron chi connectivity index (χ0n) is 15.6. The summed E-state index contributed by atoms with van der Waals surface area (Å²) in [6.07, 6.45) is 0. The van der Waals surface area contributed by atoms with E-state index < -0.39 is 0 Å². The third-order valence-electron chi connectivity index (χ3n) is 3.82. The summed E-state index contributed by atoms with van der Waals surface area (Å²) in [5, 5.41) is 10.1. The molecule has 1 heterocycles. The van der Waals surface area contributed by atoms with E-state index >= 15 is 0 Å². The van der Waals surface area contributed by atoms with Crippen molar-refractivity contribution in [3.8, 4) is 17.2 Å². The molecule has 0 saturated heterocycles. The smallest absolute Gasteiger partial charge is 0.319 e. The fraction of sp³-hybridized carbons (Fsp3) is 0.250. The lowest BCUT2D eigenvalue weighted by atomic mass is 10.2. The highest BCUT2D eigenvalue weighted by molar-refractivity contribution is 6.30. The van der Waals surface area contributed by atoms with Crippen LogP contribution in [0.2, 0.25) is 5.02 Å². The molecule has 0 radical (unpaired) electrons. The number of aromatic nitrogens is 2. The molecule has 1 aromatic heterocycles. The molecular formula is C20H21ClN4O3. The molecule has 2 aromatic carbocycles. The van der Waals surface area contributed by atoms with Gasteiger partial charge in [-0.3, -0.25) is 0 Å². The van der Waals surface area contributed by atoms with Gasteiger partial charge in [-0.2, -0.15) is 4.98 Å². The van der Waals surface area contributed by atoms with Gasteiger partial charge in [-0.05, 0) is 48.5 Å². The number of amides is 2. The summed E-state index contributed by atoms with van der Waals surface area (Å²) in [4.78, 5) is 16.3. The monoisotopic (exact) mass is 400 g/mol. The van der Waals surface area contributed by atoms with Gasteiger partial charge in [0.1, 0.15) is 12.4 Å². The highest BCUT2D eigenvalue weighted by Crippen LogP contribution is 2.21. The number of anilines is 1. The Bertz CT molecular complexity index is 908. The predicted molar refractivity (Wildman–Crippen MR) is 108 cm³/mol. The van der Waals surface area contributed by atoms with Gasteiger partial charge in [0.2, 0.25) is 0 Å². The van der Waals surface area contributed by atoms with Crippen molar-refractivity contribution in [2.75, 3.05) is 18.5 Å². The largest absolute Gasteiger partial charge is 0.492 e. The number of ether oxygens (including phenoxy) is 1. The first kappa shape index (κ1) is 19.7. The summed E-state index contributed by atoms with van der Waals surface area (Å²) < 4.78 is 10.8. The average molecular weight is 401 g/mol. The number of carbonyl (C=O) groups is 1. The molecule has 2 N–H and O–H groups in total. The molecule has 3 aromatic rings. The minimum absolute atomic E-state index is 0.200. The number of hydrogen-bond acceptors (Lipinski definition) is 5. The van der Waals surface area contributed by atoms with E-state index in [2.05, 4.69) is 20.8 Å². The van der Waals surface area contributed by atoms with E-state index in [1.807, 2.05) is 26.0 Å². The van der Waals surface area contributed by atoms with Gasteiger partial charge in [0, 0.05) is 22.2 Å². The van der Waals surface area contributed by atoms with E-state index in [0.717, 1.165) is 5.56 Å². The van der Waals surface area contributed by atoms with Gasteiger partial charge in [0.15, 0.2) is 5.82 Å². The van der Waals surface area contributed by atoms with Crippen molar-refractivity contribution in [1.82, 2.24) is 15.5 Å². The first-order valence-corrected chi connectivity index (χ1v) is 9.26. The lowest BCUT2D eigenvalue weighted by molar-refractivity contribution is 0.247. The summed E-state index contributed by atoms with van der Waals surface area (Å²) in [7, 11) is 0. The normalized spacial score (nSPS) is 10.7. The Morgan fingerprint density at radius 2 is 1.86 bits per heavy atom. The van der Waals surface area contributed by atoms with Crippen molar-refractivity contribution < 1.29 is 14.1 Å². The van der Waals surface area contributed by atoms with Crippen LogP contribution >= 0.6 is 11.6 Å². The Balaban J connectivity index is 1.44. The lowest BCUT2D eigenvalue weighted by Crippen LogP contribution is -2.32. The molecule has 0 saturated carbocycles. The van der Waals surface area contributed by atoms with Crippen molar-refractivity contribution in [2.24, 2.45) is 0 Å². The molecular weight excluding hydrogens is 380 g/mol. The van der Waals surface area contributed by atoms with Crippen molar-refractivity contribution in [3.05, 3.63) is 59.4 Å². The van der Waals surface area contributed by atoms with Crippen LogP contribution in [0.5, 0.6) is 5.75 Å². The lowest BCUT2D eigenvalue weighted by Gasteiger charge is -2.09. The number of nitrogens with one attached hydrogen (secondary N) is 2. The van der Waals surface area contributed by atoms with Crippen molar-refractivity contribution in [2.45, 2.75) is 19.8 Å². The molecule has 2 amide bonds. The van der Waals surface area contributed by atoms with Crippen LogP contribution in [0.1, 0.15) is 25.6 Å². The fourth-order valence-corrected chi connectivity index (χ4v) is 2.45. The Morgan fingerprint density at radius 1 is 1.14 bits per heavy atom. The van der Waals surface area contributed by atoms with Crippen LogP contribution in [0.4, 0.5) is 10.5 Å². The molecule has 0 aliphatic rings. The summed E-state index contributed by atoms with van der Waals surface area (Å²) in [5.41, 5.74) is 1.45. The molecule has 146 valence electrons. The molecule has 0 atom stereocenters.